The minimum atomic E-state index is -0.120. The van der Waals surface area contributed by atoms with Crippen molar-refractivity contribution in [2.45, 2.75) is 31.8 Å². The number of pyridine rings is 1. The zero-order chi connectivity index (χ0) is 23.9. The van der Waals surface area contributed by atoms with Gasteiger partial charge in [0.15, 0.2) is 16.8 Å². The highest BCUT2D eigenvalue weighted by atomic mass is 32.2. The van der Waals surface area contributed by atoms with Gasteiger partial charge in [-0.3, -0.25) is 19.1 Å². The molecule has 0 bridgehead atoms. The van der Waals surface area contributed by atoms with Crippen molar-refractivity contribution in [1.82, 2.24) is 19.7 Å². The molecule has 4 aromatic rings. The number of carbonyl (C=O) groups is 2. The molecule has 0 saturated carbocycles. The number of aryl methyl sites for hydroxylation is 1. The van der Waals surface area contributed by atoms with Crippen LogP contribution in [0, 0.1) is 6.92 Å². The van der Waals surface area contributed by atoms with Crippen LogP contribution < -0.4 is 5.32 Å². The zero-order valence-corrected chi connectivity index (χ0v) is 19.9. The van der Waals surface area contributed by atoms with Gasteiger partial charge in [-0.1, -0.05) is 42.1 Å². The number of hydrogen-bond donors (Lipinski definition) is 1. The van der Waals surface area contributed by atoms with Gasteiger partial charge >= 0.3 is 0 Å². The fourth-order valence-corrected chi connectivity index (χ4v) is 4.47. The van der Waals surface area contributed by atoms with Gasteiger partial charge in [0.25, 0.3) is 0 Å². The molecule has 0 spiro atoms. The highest BCUT2D eigenvalue weighted by Gasteiger charge is 2.18. The SMILES string of the molecule is CC(=O)c1ccccc1NC(=O)CCCSc1nnc(-c2cccnc2)n1-c1ccccc1C. The molecular weight excluding hydrogens is 446 g/mol. The number of anilines is 1. The summed E-state index contributed by atoms with van der Waals surface area (Å²) in [6.07, 6.45) is 4.50. The summed E-state index contributed by atoms with van der Waals surface area (Å²) < 4.78 is 2.04. The first-order valence-electron chi connectivity index (χ1n) is 11.0. The van der Waals surface area contributed by atoms with Crippen molar-refractivity contribution in [2.75, 3.05) is 11.1 Å². The average molecular weight is 472 g/mol. The van der Waals surface area contributed by atoms with Crippen LogP contribution in [0.4, 0.5) is 5.69 Å². The number of Topliss-reactive ketones (excluding diaryl/α,β-unsaturated/α-hetero) is 1. The van der Waals surface area contributed by atoms with Gasteiger partial charge in [0.1, 0.15) is 0 Å². The van der Waals surface area contributed by atoms with Crippen LogP contribution in [0.15, 0.2) is 78.2 Å². The number of nitrogens with zero attached hydrogens (tertiary/aromatic N) is 4. The highest BCUT2D eigenvalue weighted by molar-refractivity contribution is 7.99. The number of nitrogens with one attached hydrogen (secondary N) is 1. The van der Waals surface area contributed by atoms with Crippen molar-refractivity contribution in [2.24, 2.45) is 0 Å². The lowest BCUT2D eigenvalue weighted by atomic mass is 10.1. The topological polar surface area (TPSA) is 89.8 Å². The smallest absolute Gasteiger partial charge is 0.224 e. The van der Waals surface area contributed by atoms with Gasteiger partial charge in [-0.05, 0) is 56.2 Å². The van der Waals surface area contributed by atoms with Gasteiger partial charge in [0, 0.05) is 35.7 Å². The minimum absolute atomic E-state index is 0.0774. The van der Waals surface area contributed by atoms with E-state index in [4.69, 9.17) is 0 Å². The summed E-state index contributed by atoms with van der Waals surface area (Å²) in [5.74, 6) is 1.22. The van der Waals surface area contributed by atoms with Crippen molar-refractivity contribution in [1.29, 1.82) is 0 Å². The summed E-state index contributed by atoms with van der Waals surface area (Å²) >= 11 is 1.56. The maximum atomic E-state index is 12.4. The Morgan fingerprint density at radius 2 is 1.79 bits per heavy atom. The lowest BCUT2D eigenvalue weighted by molar-refractivity contribution is -0.116. The summed E-state index contributed by atoms with van der Waals surface area (Å²) in [4.78, 5) is 28.4. The molecule has 0 atom stereocenters. The number of aromatic nitrogens is 4. The fraction of sp³-hybridized carbons (Fsp3) is 0.192. The molecule has 0 unspecified atom stereocenters. The second-order valence-electron chi connectivity index (χ2n) is 7.77. The number of hydrogen-bond acceptors (Lipinski definition) is 6. The second kappa shape index (κ2) is 10.9. The molecule has 0 aliphatic heterocycles. The molecule has 0 aliphatic carbocycles. The summed E-state index contributed by atoms with van der Waals surface area (Å²) in [5.41, 5.74) is 4.06. The first-order chi connectivity index (χ1) is 16.5. The number of ketones is 1. The van der Waals surface area contributed by atoms with Crippen LogP contribution in [0.1, 0.15) is 35.7 Å². The van der Waals surface area contributed by atoms with E-state index in [1.807, 2.05) is 34.9 Å². The van der Waals surface area contributed by atoms with E-state index in [9.17, 15) is 9.59 Å². The van der Waals surface area contributed by atoms with Crippen molar-refractivity contribution < 1.29 is 9.59 Å². The van der Waals surface area contributed by atoms with Gasteiger partial charge in [0.2, 0.25) is 5.91 Å². The molecule has 0 saturated heterocycles. The monoisotopic (exact) mass is 471 g/mol. The fourth-order valence-electron chi connectivity index (χ4n) is 3.58. The number of para-hydroxylation sites is 2. The summed E-state index contributed by atoms with van der Waals surface area (Å²) in [5, 5.41) is 12.5. The number of benzene rings is 2. The molecule has 8 heteroatoms. The average Bonchev–Trinajstić information content (AvgIpc) is 3.26. The Morgan fingerprint density at radius 1 is 1.00 bits per heavy atom. The number of amides is 1. The summed E-state index contributed by atoms with van der Waals surface area (Å²) in [6, 6.07) is 19.0. The molecule has 34 heavy (non-hydrogen) atoms. The van der Waals surface area contributed by atoms with Crippen LogP contribution in [0.3, 0.4) is 0 Å². The minimum Gasteiger partial charge on any atom is -0.325 e. The molecule has 0 fully saturated rings. The maximum absolute atomic E-state index is 12.4. The van der Waals surface area contributed by atoms with E-state index < -0.39 is 0 Å². The molecule has 4 rings (SSSR count). The molecule has 7 nitrogen and oxygen atoms in total. The zero-order valence-electron chi connectivity index (χ0n) is 19.1. The van der Waals surface area contributed by atoms with E-state index >= 15 is 0 Å². The Morgan fingerprint density at radius 3 is 2.56 bits per heavy atom. The lowest BCUT2D eigenvalue weighted by Gasteiger charge is -2.13. The largest absolute Gasteiger partial charge is 0.325 e. The Balaban J connectivity index is 1.45. The van der Waals surface area contributed by atoms with E-state index in [0.717, 1.165) is 27.8 Å². The van der Waals surface area contributed by atoms with Crippen molar-refractivity contribution in [3.8, 4) is 17.1 Å². The van der Waals surface area contributed by atoms with Crippen molar-refractivity contribution in [3.63, 3.8) is 0 Å². The Labute approximate surface area is 202 Å². The molecule has 2 heterocycles. The molecule has 2 aromatic carbocycles. The predicted molar refractivity (Wildman–Crippen MR) is 134 cm³/mol. The lowest BCUT2D eigenvalue weighted by Crippen LogP contribution is -2.14. The van der Waals surface area contributed by atoms with Crippen LogP contribution in [-0.2, 0) is 4.79 Å². The van der Waals surface area contributed by atoms with E-state index in [1.54, 1.807) is 48.4 Å². The van der Waals surface area contributed by atoms with Gasteiger partial charge < -0.3 is 5.32 Å². The van der Waals surface area contributed by atoms with Gasteiger partial charge in [-0.2, -0.15) is 0 Å². The highest BCUT2D eigenvalue weighted by Crippen LogP contribution is 2.29. The van der Waals surface area contributed by atoms with Crippen LogP contribution in [0.25, 0.3) is 17.1 Å². The molecule has 1 N–H and O–H groups in total. The van der Waals surface area contributed by atoms with Crippen LogP contribution >= 0.6 is 11.8 Å². The Kier molecular flexibility index (Phi) is 7.49. The first kappa shape index (κ1) is 23.4. The quantitative estimate of drug-likeness (QED) is 0.201. The van der Waals surface area contributed by atoms with E-state index in [0.29, 0.717) is 29.8 Å². The van der Waals surface area contributed by atoms with Crippen LogP contribution in [0.5, 0.6) is 0 Å². The molecule has 0 radical (unpaired) electrons. The molecule has 172 valence electrons. The van der Waals surface area contributed by atoms with Crippen LogP contribution in [-0.4, -0.2) is 37.2 Å². The molecule has 1 amide bonds. The summed E-state index contributed by atoms with van der Waals surface area (Å²) in [7, 11) is 0. The second-order valence-corrected chi connectivity index (χ2v) is 8.83. The molecule has 0 aliphatic rings. The van der Waals surface area contributed by atoms with Crippen LogP contribution in [0.2, 0.25) is 0 Å². The van der Waals surface area contributed by atoms with E-state index in [-0.39, 0.29) is 11.7 Å². The Hall–Kier alpha value is -3.78. The van der Waals surface area contributed by atoms with Crippen molar-refractivity contribution in [3.05, 3.63) is 84.2 Å². The Bertz CT molecular complexity index is 1300. The standard InChI is InChI=1S/C26H25N5O2S/c1-18-9-3-6-13-23(18)31-25(20-10-7-15-27-17-20)29-30-26(31)34-16-8-14-24(33)28-22-12-5-4-11-21(22)19(2)32/h3-7,9-13,15,17H,8,14,16H2,1-2H3,(H,28,33). The first-order valence-corrected chi connectivity index (χ1v) is 12.0. The normalized spacial score (nSPS) is 10.8. The van der Waals surface area contributed by atoms with Crippen molar-refractivity contribution >= 4 is 29.1 Å². The van der Waals surface area contributed by atoms with Gasteiger partial charge in [0.05, 0.1) is 11.4 Å². The van der Waals surface area contributed by atoms with E-state index in [2.05, 4.69) is 33.5 Å². The van der Waals surface area contributed by atoms with E-state index in [1.165, 1.54) is 6.92 Å². The number of carbonyl (C=O) groups excluding carboxylic acids is 2. The third-order valence-electron chi connectivity index (χ3n) is 5.27. The molecule has 2 aromatic heterocycles. The predicted octanol–water partition coefficient (Wildman–Crippen LogP) is 5.35. The number of rotatable bonds is 9. The van der Waals surface area contributed by atoms with Gasteiger partial charge in [-0.25, -0.2) is 0 Å². The third-order valence-corrected chi connectivity index (χ3v) is 6.28. The van der Waals surface area contributed by atoms with Gasteiger partial charge in [-0.15, -0.1) is 10.2 Å². The molecular formula is C26H25N5O2S. The number of thioether (sulfide) groups is 1. The summed E-state index contributed by atoms with van der Waals surface area (Å²) in [6.45, 7) is 3.55. The third kappa shape index (κ3) is 5.40. The maximum Gasteiger partial charge on any atom is 0.224 e.